The molecule has 1 aliphatic rings. The molecule has 3 aromatic rings. The molecule has 1 unspecified atom stereocenters. The van der Waals surface area contributed by atoms with Crippen molar-refractivity contribution in [3.8, 4) is 11.1 Å². The van der Waals surface area contributed by atoms with Gasteiger partial charge in [0.05, 0.1) is 16.6 Å². The third-order valence-electron chi connectivity index (χ3n) is 4.65. The van der Waals surface area contributed by atoms with Crippen LogP contribution < -0.4 is 21.5 Å². The van der Waals surface area contributed by atoms with Crippen molar-refractivity contribution in [2.45, 2.75) is 16.6 Å². The first-order valence-corrected chi connectivity index (χ1v) is 10.5. The minimum atomic E-state index is -0.581. The maximum atomic E-state index is 12.3. The third kappa shape index (κ3) is 5.04. The third-order valence-corrected chi connectivity index (χ3v) is 5.93. The lowest BCUT2D eigenvalue weighted by Crippen LogP contribution is -2.45. The summed E-state index contributed by atoms with van der Waals surface area (Å²) in [5.41, 5.74) is 7.87. The van der Waals surface area contributed by atoms with Gasteiger partial charge in [0.15, 0.2) is 0 Å². The van der Waals surface area contributed by atoms with Gasteiger partial charge in [0.1, 0.15) is 0 Å². The van der Waals surface area contributed by atoms with Crippen LogP contribution in [0.1, 0.15) is 6.42 Å². The highest BCUT2D eigenvalue weighted by atomic mass is 32.2. The van der Waals surface area contributed by atoms with E-state index in [1.807, 2.05) is 72.8 Å². The first kappa shape index (κ1) is 20.5. The lowest BCUT2D eigenvalue weighted by molar-refractivity contribution is -0.124. The minimum absolute atomic E-state index is 0.0638. The molecule has 4 amide bonds. The van der Waals surface area contributed by atoms with Crippen LogP contribution in [-0.4, -0.2) is 23.1 Å². The Kier molecular flexibility index (Phi) is 6.18. The minimum Gasteiger partial charge on any atom is -0.324 e. The lowest BCUT2D eigenvalue weighted by Gasteiger charge is -2.23. The number of carbonyl (C=O) groups is 3. The summed E-state index contributed by atoms with van der Waals surface area (Å²) in [5, 5.41) is 4.96. The summed E-state index contributed by atoms with van der Waals surface area (Å²) in [4.78, 5) is 37.7. The monoisotopic (exact) mass is 432 g/mol. The van der Waals surface area contributed by atoms with Gasteiger partial charge in [0.2, 0.25) is 11.8 Å². The number of fused-ring (bicyclic) bond motifs is 1. The van der Waals surface area contributed by atoms with Crippen molar-refractivity contribution in [1.29, 1.82) is 0 Å². The highest BCUT2D eigenvalue weighted by Gasteiger charge is 2.28. The van der Waals surface area contributed by atoms with E-state index in [9.17, 15) is 14.4 Å². The summed E-state index contributed by atoms with van der Waals surface area (Å²) in [7, 11) is 0. The Morgan fingerprint density at radius 1 is 0.871 bits per heavy atom. The zero-order valence-corrected chi connectivity index (χ0v) is 17.2. The number of rotatable bonds is 4. The van der Waals surface area contributed by atoms with Crippen LogP contribution in [0.3, 0.4) is 0 Å². The highest BCUT2D eigenvalue weighted by molar-refractivity contribution is 8.01. The summed E-state index contributed by atoms with van der Waals surface area (Å²) >= 11 is 1.33. The van der Waals surface area contributed by atoms with Crippen LogP contribution >= 0.6 is 11.8 Å². The number of hydrogen-bond acceptors (Lipinski definition) is 4. The molecule has 0 saturated carbocycles. The van der Waals surface area contributed by atoms with Crippen LogP contribution in [-0.2, 0) is 9.59 Å². The first-order valence-electron chi connectivity index (χ1n) is 9.67. The van der Waals surface area contributed by atoms with Crippen LogP contribution in [0, 0.1) is 0 Å². The number of amides is 4. The molecule has 1 aliphatic heterocycles. The van der Waals surface area contributed by atoms with E-state index in [0.717, 1.165) is 21.7 Å². The second-order valence-corrected chi connectivity index (χ2v) is 8.08. The van der Waals surface area contributed by atoms with Crippen molar-refractivity contribution < 1.29 is 14.4 Å². The lowest BCUT2D eigenvalue weighted by atomic mass is 10.0. The van der Waals surface area contributed by atoms with Gasteiger partial charge in [0.25, 0.3) is 0 Å². The second kappa shape index (κ2) is 9.36. The zero-order chi connectivity index (χ0) is 21.6. The molecule has 1 atom stereocenters. The maximum Gasteiger partial charge on any atom is 0.337 e. The van der Waals surface area contributed by atoms with E-state index in [0.29, 0.717) is 5.69 Å². The molecule has 0 fully saturated rings. The molecular weight excluding hydrogens is 412 g/mol. The van der Waals surface area contributed by atoms with Gasteiger partial charge in [-0.25, -0.2) is 10.2 Å². The molecule has 4 N–H and O–H groups in total. The first-order chi connectivity index (χ1) is 15.1. The van der Waals surface area contributed by atoms with Crippen molar-refractivity contribution in [2.24, 2.45) is 0 Å². The summed E-state index contributed by atoms with van der Waals surface area (Å²) in [6.45, 7) is 0. The van der Waals surface area contributed by atoms with Crippen molar-refractivity contribution in [3.05, 3.63) is 78.9 Å². The summed E-state index contributed by atoms with van der Waals surface area (Å²) in [6, 6.07) is 23.9. The molecule has 0 spiro atoms. The number of anilines is 2. The van der Waals surface area contributed by atoms with E-state index >= 15 is 0 Å². The van der Waals surface area contributed by atoms with E-state index in [4.69, 9.17) is 0 Å². The van der Waals surface area contributed by atoms with Gasteiger partial charge in [-0.2, -0.15) is 0 Å². The standard InChI is InChI=1S/C23H20N4O3S/c28-21(14-20-22(29)24-18-12-6-7-13-19(18)31-20)26-27-23(30)25-17-11-5-4-10-16(17)15-8-2-1-3-9-15/h1-13,20H,14H2,(H,24,29)(H,26,28)(H2,25,27,30). The van der Waals surface area contributed by atoms with Gasteiger partial charge in [-0.3, -0.25) is 15.0 Å². The fraction of sp³-hybridized carbons (Fsp3) is 0.0870. The second-order valence-electron chi connectivity index (χ2n) is 6.83. The number of nitrogens with one attached hydrogen (secondary N) is 4. The SMILES string of the molecule is O=C(CC1Sc2ccccc2NC1=O)NNC(=O)Nc1ccccc1-c1ccccc1. The van der Waals surface area contributed by atoms with Crippen LogP contribution in [0.4, 0.5) is 16.2 Å². The molecule has 0 aliphatic carbocycles. The van der Waals surface area contributed by atoms with Gasteiger partial charge in [-0.1, -0.05) is 60.7 Å². The Bertz CT molecular complexity index is 1120. The smallest absolute Gasteiger partial charge is 0.324 e. The van der Waals surface area contributed by atoms with Gasteiger partial charge >= 0.3 is 6.03 Å². The van der Waals surface area contributed by atoms with Crippen molar-refractivity contribution >= 4 is 41.0 Å². The molecule has 3 aromatic carbocycles. The zero-order valence-electron chi connectivity index (χ0n) is 16.4. The molecule has 31 heavy (non-hydrogen) atoms. The Morgan fingerprint density at radius 2 is 1.58 bits per heavy atom. The fourth-order valence-corrected chi connectivity index (χ4v) is 4.30. The quantitative estimate of drug-likeness (QED) is 0.468. The number of para-hydroxylation sites is 2. The van der Waals surface area contributed by atoms with Gasteiger partial charge in [-0.15, -0.1) is 11.8 Å². The average Bonchev–Trinajstić information content (AvgIpc) is 2.79. The Morgan fingerprint density at radius 3 is 2.42 bits per heavy atom. The number of carbonyl (C=O) groups excluding carboxylic acids is 3. The number of hydrazine groups is 1. The van der Waals surface area contributed by atoms with E-state index in [-0.39, 0.29) is 12.3 Å². The van der Waals surface area contributed by atoms with E-state index in [2.05, 4.69) is 21.5 Å². The predicted octanol–water partition coefficient (Wildman–Crippen LogP) is 4.01. The number of hydrogen-bond donors (Lipinski definition) is 4. The summed E-state index contributed by atoms with van der Waals surface area (Å²) < 4.78 is 0. The van der Waals surface area contributed by atoms with E-state index in [1.54, 1.807) is 6.07 Å². The molecule has 0 radical (unpaired) electrons. The van der Waals surface area contributed by atoms with Crippen LogP contribution in [0.15, 0.2) is 83.8 Å². The highest BCUT2D eigenvalue weighted by Crippen LogP contribution is 2.36. The van der Waals surface area contributed by atoms with Gasteiger partial charge < -0.3 is 10.6 Å². The molecule has 8 heteroatoms. The Labute approximate surface area is 183 Å². The van der Waals surface area contributed by atoms with Crippen LogP contribution in [0.5, 0.6) is 0 Å². The van der Waals surface area contributed by atoms with Gasteiger partial charge in [0, 0.05) is 16.9 Å². The summed E-state index contributed by atoms with van der Waals surface area (Å²) in [6.07, 6.45) is -0.0638. The van der Waals surface area contributed by atoms with Crippen LogP contribution in [0.25, 0.3) is 11.1 Å². The topological polar surface area (TPSA) is 99.3 Å². The average molecular weight is 433 g/mol. The van der Waals surface area contributed by atoms with Crippen molar-refractivity contribution in [1.82, 2.24) is 10.9 Å². The Hall–Kier alpha value is -3.78. The predicted molar refractivity (Wildman–Crippen MR) is 122 cm³/mol. The fourth-order valence-electron chi connectivity index (χ4n) is 3.19. The number of thioether (sulfide) groups is 1. The maximum absolute atomic E-state index is 12.3. The number of benzene rings is 3. The molecule has 156 valence electrons. The molecule has 0 aromatic heterocycles. The number of urea groups is 1. The van der Waals surface area contributed by atoms with Gasteiger partial charge in [-0.05, 0) is 23.8 Å². The molecule has 4 rings (SSSR count). The van der Waals surface area contributed by atoms with Crippen LogP contribution in [0.2, 0.25) is 0 Å². The normalized spacial score (nSPS) is 14.7. The molecule has 0 saturated heterocycles. The van der Waals surface area contributed by atoms with E-state index < -0.39 is 17.2 Å². The molecule has 1 heterocycles. The Balaban J connectivity index is 1.32. The molecular formula is C23H20N4O3S. The van der Waals surface area contributed by atoms with Crippen molar-refractivity contribution in [2.75, 3.05) is 10.6 Å². The van der Waals surface area contributed by atoms with E-state index in [1.165, 1.54) is 11.8 Å². The molecule has 0 bridgehead atoms. The van der Waals surface area contributed by atoms with Crippen molar-refractivity contribution in [3.63, 3.8) is 0 Å². The molecule has 7 nitrogen and oxygen atoms in total. The summed E-state index contributed by atoms with van der Waals surface area (Å²) in [5.74, 6) is -0.696. The largest absolute Gasteiger partial charge is 0.337 e.